The number of esters is 3. The predicted octanol–water partition coefficient (Wildman–Crippen LogP) is 19.6. The number of unbranched alkanes of at least 4 members (excludes halogenated alkanes) is 32. The molecule has 0 aliphatic heterocycles. The monoisotopic (exact) mass is 951 g/mol. The van der Waals surface area contributed by atoms with Gasteiger partial charge in [-0.05, 0) is 83.5 Å². The summed E-state index contributed by atoms with van der Waals surface area (Å²) in [5.74, 6) is -0.882. The summed E-state index contributed by atoms with van der Waals surface area (Å²) in [6.45, 7) is 6.48. The molecule has 0 N–H and O–H groups in total. The van der Waals surface area contributed by atoms with Crippen molar-refractivity contribution < 1.29 is 28.6 Å². The minimum Gasteiger partial charge on any atom is -0.462 e. The van der Waals surface area contributed by atoms with Crippen LogP contribution in [0.4, 0.5) is 0 Å². The summed E-state index contributed by atoms with van der Waals surface area (Å²) >= 11 is 0. The molecule has 0 aliphatic rings. The van der Waals surface area contributed by atoms with Gasteiger partial charge in [0.25, 0.3) is 0 Å². The Morgan fingerprint density at radius 2 is 0.574 bits per heavy atom. The Kier molecular flexibility index (Phi) is 54.3. The first-order valence-electron chi connectivity index (χ1n) is 29.3. The molecule has 1 unspecified atom stereocenters. The van der Waals surface area contributed by atoms with Crippen LogP contribution in [0.15, 0.2) is 60.8 Å². The van der Waals surface area contributed by atoms with Crippen molar-refractivity contribution in [1.82, 2.24) is 0 Å². The van der Waals surface area contributed by atoms with Crippen molar-refractivity contribution in [3.63, 3.8) is 0 Å². The highest BCUT2D eigenvalue weighted by Gasteiger charge is 2.19. The molecule has 0 amide bonds. The topological polar surface area (TPSA) is 78.9 Å². The van der Waals surface area contributed by atoms with E-state index >= 15 is 0 Å². The van der Waals surface area contributed by atoms with Crippen LogP contribution in [0.25, 0.3) is 0 Å². The van der Waals surface area contributed by atoms with Gasteiger partial charge in [0.1, 0.15) is 13.2 Å². The van der Waals surface area contributed by atoms with Crippen LogP contribution in [0.1, 0.15) is 297 Å². The summed E-state index contributed by atoms with van der Waals surface area (Å²) in [7, 11) is 0. The molecule has 0 aromatic heterocycles. The van der Waals surface area contributed by atoms with Crippen LogP contribution in [0.2, 0.25) is 0 Å². The second-order valence-corrected chi connectivity index (χ2v) is 19.5. The van der Waals surface area contributed by atoms with Gasteiger partial charge in [-0.15, -0.1) is 0 Å². The fraction of sp³-hybridized carbons (Fsp3) is 0.790. The van der Waals surface area contributed by atoms with E-state index in [9.17, 15) is 14.4 Å². The van der Waals surface area contributed by atoms with E-state index < -0.39 is 6.10 Å². The van der Waals surface area contributed by atoms with Gasteiger partial charge in [0.05, 0.1) is 0 Å². The molecule has 0 saturated heterocycles. The van der Waals surface area contributed by atoms with Gasteiger partial charge in [-0.1, -0.05) is 255 Å². The maximum Gasteiger partial charge on any atom is 0.306 e. The smallest absolute Gasteiger partial charge is 0.306 e. The fourth-order valence-corrected chi connectivity index (χ4v) is 8.37. The van der Waals surface area contributed by atoms with E-state index in [0.717, 1.165) is 89.9 Å². The van der Waals surface area contributed by atoms with E-state index in [1.54, 1.807) is 0 Å². The molecular weight excluding hydrogens is 841 g/mol. The number of rotatable bonds is 53. The lowest BCUT2D eigenvalue weighted by Crippen LogP contribution is -2.30. The van der Waals surface area contributed by atoms with Crippen molar-refractivity contribution in [1.29, 1.82) is 0 Å². The van der Waals surface area contributed by atoms with E-state index in [2.05, 4.69) is 81.5 Å². The maximum atomic E-state index is 12.8. The van der Waals surface area contributed by atoms with Crippen molar-refractivity contribution in [3.05, 3.63) is 60.8 Å². The average Bonchev–Trinajstić information content (AvgIpc) is 3.34. The van der Waals surface area contributed by atoms with Crippen LogP contribution < -0.4 is 0 Å². The average molecular weight is 952 g/mol. The first-order valence-corrected chi connectivity index (χ1v) is 29.3. The van der Waals surface area contributed by atoms with Crippen LogP contribution >= 0.6 is 0 Å². The lowest BCUT2D eigenvalue weighted by molar-refractivity contribution is -0.167. The van der Waals surface area contributed by atoms with Crippen molar-refractivity contribution >= 4 is 17.9 Å². The molecule has 0 heterocycles. The minimum absolute atomic E-state index is 0.0744. The molecule has 0 aromatic rings. The molecule has 0 aromatic carbocycles. The zero-order chi connectivity index (χ0) is 49.3. The third-order valence-electron chi connectivity index (χ3n) is 12.8. The van der Waals surface area contributed by atoms with Crippen molar-refractivity contribution in [2.24, 2.45) is 0 Å². The molecule has 0 aliphatic carbocycles. The van der Waals surface area contributed by atoms with Crippen molar-refractivity contribution in [3.8, 4) is 0 Å². The molecule has 6 nitrogen and oxygen atoms in total. The molecular formula is C62H110O6. The Morgan fingerprint density at radius 1 is 0.309 bits per heavy atom. The van der Waals surface area contributed by atoms with E-state index in [4.69, 9.17) is 14.2 Å². The van der Waals surface area contributed by atoms with Gasteiger partial charge in [0.2, 0.25) is 0 Å². The molecule has 0 saturated carbocycles. The number of carbonyl (C=O) groups is 3. The Labute approximate surface area is 421 Å². The molecule has 0 fully saturated rings. The first kappa shape index (κ1) is 65.1. The standard InChI is InChI=1S/C62H110O6/c1-4-7-10-13-16-18-20-22-24-25-26-27-28-29-30-31-32-33-34-35-36-37-39-40-42-44-46-49-52-55-61(64)67-58-59(57-66-60(63)54-51-48-15-12-9-6-3)68-62(65)56-53-50-47-45-43-41-38-23-21-19-17-14-11-8-5-2/h7,10,16,18,22-24,26-27,38,59H,4-6,8-9,11-15,17,19-21,25,28-37,39-58H2,1-3H3/b10-7-,18-16-,24-22-,27-26-,38-23-. The van der Waals surface area contributed by atoms with E-state index in [-0.39, 0.29) is 31.1 Å². The lowest BCUT2D eigenvalue weighted by Gasteiger charge is -2.18. The molecule has 0 bridgehead atoms. The third-order valence-corrected chi connectivity index (χ3v) is 12.8. The summed E-state index contributed by atoms with van der Waals surface area (Å²) in [5.41, 5.74) is 0. The second kappa shape index (κ2) is 56.7. The number of ether oxygens (including phenoxy) is 3. The summed E-state index contributed by atoms with van der Waals surface area (Å²) in [6, 6.07) is 0. The van der Waals surface area contributed by atoms with Gasteiger partial charge in [-0.2, -0.15) is 0 Å². The predicted molar refractivity (Wildman–Crippen MR) is 293 cm³/mol. The lowest BCUT2D eigenvalue weighted by atomic mass is 10.0. The van der Waals surface area contributed by atoms with Gasteiger partial charge in [0.15, 0.2) is 6.10 Å². The maximum absolute atomic E-state index is 12.8. The summed E-state index contributed by atoms with van der Waals surface area (Å²) in [5, 5.41) is 0. The van der Waals surface area contributed by atoms with E-state index in [1.165, 1.54) is 167 Å². The van der Waals surface area contributed by atoms with E-state index in [0.29, 0.717) is 19.3 Å². The van der Waals surface area contributed by atoms with Gasteiger partial charge >= 0.3 is 17.9 Å². The molecule has 68 heavy (non-hydrogen) atoms. The molecule has 0 rings (SSSR count). The normalized spacial score (nSPS) is 12.5. The molecule has 0 radical (unpaired) electrons. The number of allylic oxidation sites excluding steroid dienone is 10. The minimum atomic E-state index is -0.772. The summed E-state index contributed by atoms with van der Waals surface area (Å²) < 4.78 is 16.7. The fourth-order valence-electron chi connectivity index (χ4n) is 8.37. The molecule has 6 heteroatoms. The van der Waals surface area contributed by atoms with Crippen molar-refractivity contribution in [2.75, 3.05) is 13.2 Å². The van der Waals surface area contributed by atoms with Crippen LogP contribution in [0, 0.1) is 0 Å². The highest BCUT2D eigenvalue weighted by Crippen LogP contribution is 2.16. The highest BCUT2D eigenvalue weighted by molar-refractivity contribution is 5.71. The van der Waals surface area contributed by atoms with Crippen LogP contribution in [0.3, 0.4) is 0 Å². The van der Waals surface area contributed by atoms with Crippen LogP contribution in [0.5, 0.6) is 0 Å². The highest BCUT2D eigenvalue weighted by atomic mass is 16.6. The molecule has 0 spiro atoms. The summed E-state index contributed by atoms with van der Waals surface area (Å²) in [6.07, 6.45) is 71.1. The zero-order valence-electron chi connectivity index (χ0n) is 45.1. The zero-order valence-corrected chi connectivity index (χ0v) is 45.1. The Balaban J connectivity index is 4.03. The summed E-state index contributed by atoms with van der Waals surface area (Å²) in [4.78, 5) is 37.8. The number of hydrogen-bond acceptors (Lipinski definition) is 6. The number of hydrogen-bond donors (Lipinski definition) is 0. The third kappa shape index (κ3) is 54.1. The second-order valence-electron chi connectivity index (χ2n) is 19.5. The molecule has 1 atom stereocenters. The van der Waals surface area contributed by atoms with Crippen LogP contribution in [-0.2, 0) is 28.6 Å². The van der Waals surface area contributed by atoms with Gasteiger partial charge in [-0.3, -0.25) is 14.4 Å². The molecule has 394 valence electrons. The quantitative estimate of drug-likeness (QED) is 0.0262. The SMILES string of the molecule is CC/C=C\C/C=C\C/C=C\C/C=C\CCCCCCCCCCCCCCCCCCC(=O)OCC(COC(=O)CCCCCCCC)OC(=O)CCCCCCC/C=C\CCCCCCCC. The number of carbonyl (C=O) groups excluding carboxylic acids is 3. The largest absolute Gasteiger partial charge is 0.462 e. The van der Waals surface area contributed by atoms with E-state index in [1.807, 2.05) is 0 Å². The van der Waals surface area contributed by atoms with Crippen molar-refractivity contribution in [2.45, 2.75) is 303 Å². The van der Waals surface area contributed by atoms with Crippen LogP contribution in [-0.4, -0.2) is 37.2 Å². The Morgan fingerprint density at radius 3 is 0.912 bits per heavy atom. The Hall–Kier alpha value is -2.89. The first-order chi connectivity index (χ1) is 33.5. The Bertz CT molecular complexity index is 1230. The van der Waals surface area contributed by atoms with Gasteiger partial charge < -0.3 is 14.2 Å². The van der Waals surface area contributed by atoms with Gasteiger partial charge in [-0.25, -0.2) is 0 Å². The van der Waals surface area contributed by atoms with Gasteiger partial charge in [0, 0.05) is 19.3 Å².